The molecule has 0 saturated carbocycles. The summed E-state index contributed by atoms with van der Waals surface area (Å²) < 4.78 is 56.3. The fraction of sp³-hybridized carbons (Fsp3) is 0.176. The molecule has 28 heavy (non-hydrogen) atoms. The Bertz CT molecular complexity index is 1020. The highest BCUT2D eigenvalue weighted by Crippen LogP contribution is 2.32. The van der Waals surface area contributed by atoms with Crippen LogP contribution in [0.4, 0.5) is 17.6 Å². The lowest BCUT2D eigenvalue weighted by molar-refractivity contribution is -0.190. The van der Waals surface area contributed by atoms with Gasteiger partial charge < -0.3 is 9.72 Å². The van der Waals surface area contributed by atoms with Crippen molar-refractivity contribution in [1.82, 2.24) is 19.9 Å². The number of imidazole rings is 1. The topological polar surface area (TPSA) is 87.5 Å². The van der Waals surface area contributed by atoms with Gasteiger partial charge in [-0.25, -0.2) is 19.3 Å². The minimum Gasteiger partial charge on any atom is -0.451 e. The molecule has 6 nitrogen and oxygen atoms in total. The van der Waals surface area contributed by atoms with Crippen molar-refractivity contribution in [2.24, 2.45) is 0 Å². The fourth-order valence-corrected chi connectivity index (χ4v) is 2.49. The van der Waals surface area contributed by atoms with Gasteiger partial charge in [-0.05, 0) is 19.1 Å². The van der Waals surface area contributed by atoms with Crippen LogP contribution in [0.1, 0.15) is 12.6 Å². The molecule has 3 aromatic rings. The van der Waals surface area contributed by atoms with Crippen molar-refractivity contribution in [3.05, 3.63) is 47.1 Å². The number of rotatable bonds is 4. The second-order valence-corrected chi connectivity index (χ2v) is 5.98. The normalized spacial score (nSPS) is 12.5. The van der Waals surface area contributed by atoms with Gasteiger partial charge in [0.25, 0.3) is 0 Å². The van der Waals surface area contributed by atoms with Gasteiger partial charge in [0, 0.05) is 18.0 Å². The number of benzene rings is 1. The maximum Gasteiger partial charge on any atom is 0.425 e. The summed E-state index contributed by atoms with van der Waals surface area (Å²) in [7, 11) is 0. The first-order chi connectivity index (χ1) is 13.2. The third kappa shape index (κ3) is 3.89. The van der Waals surface area contributed by atoms with E-state index in [4.69, 9.17) is 11.6 Å². The Kier molecular flexibility index (Phi) is 5.20. The van der Waals surface area contributed by atoms with E-state index in [1.165, 1.54) is 18.2 Å². The van der Waals surface area contributed by atoms with Gasteiger partial charge in [-0.2, -0.15) is 18.4 Å². The Hall–Kier alpha value is -3.19. The van der Waals surface area contributed by atoms with E-state index >= 15 is 0 Å². The molecule has 0 bridgehead atoms. The molecule has 0 aliphatic carbocycles. The van der Waals surface area contributed by atoms with E-state index < -0.39 is 24.1 Å². The highest BCUT2D eigenvalue weighted by atomic mass is 35.5. The number of H-pyrrole nitrogens is 1. The lowest BCUT2D eigenvalue weighted by Crippen LogP contribution is -2.31. The molecule has 0 amide bonds. The first kappa shape index (κ1) is 19.6. The van der Waals surface area contributed by atoms with Crippen LogP contribution in [0.25, 0.3) is 22.6 Å². The van der Waals surface area contributed by atoms with Crippen LogP contribution < -0.4 is 4.74 Å². The Morgan fingerprint density at radius 1 is 1.25 bits per heavy atom. The van der Waals surface area contributed by atoms with Crippen molar-refractivity contribution < 1.29 is 22.3 Å². The number of nitrogens with one attached hydrogen (secondary N) is 1. The molecule has 0 fully saturated rings. The molecule has 11 heteroatoms. The van der Waals surface area contributed by atoms with Gasteiger partial charge >= 0.3 is 12.2 Å². The summed E-state index contributed by atoms with van der Waals surface area (Å²) >= 11 is 6.00. The fourth-order valence-electron chi connectivity index (χ4n) is 2.24. The number of halogens is 5. The maximum atomic E-state index is 14.1. The van der Waals surface area contributed by atoms with Gasteiger partial charge in [-0.15, -0.1) is 0 Å². The number of hydrogen-bond acceptors (Lipinski definition) is 5. The number of nitriles is 1. The molecule has 0 spiro atoms. The van der Waals surface area contributed by atoms with Crippen LogP contribution >= 0.6 is 11.6 Å². The van der Waals surface area contributed by atoms with Crippen molar-refractivity contribution in [2.75, 3.05) is 0 Å². The van der Waals surface area contributed by atoms with Crippen LogP contribution in [-0.4, -0.2) is 32.2 Å². The molecule has 0 radical (unpaired) electrons. The largest absolute Gasteiger partial charge is 0.451 e. The maximum absolute atomic E-state index is 14.1. The molecular formula is C17H10ClF4N5O. The van der Waals surface area contributed by atoms with Gasteiger partial charge in [0.2, 0.25) is 0 Å². The van der Waals surface area contributed by atoms with E-state index in [1.54, 1.807) is 0 Å². The van der Waals surface area contributed by atoms with E-state index in [1.807, 2.05) is 6.07 Å². The Balaban J connectivity index is 1.94. The predicted molar refractivity (Wildman–Crippen MR) is 90.9 cm³/mol. The van der Waals surface area contributed by atoms with Crippen LogP contribution in [0.5, 0.6) is 6.01 Å². The third-order valence-corrected chi connectivity index (χ3v) is 3.98. The van der Waals surface area contributed by atoms with Crippen LogP contribution in [-0.2, 0) is 0 Å². The summed E-state index contributed by atoms with van der Waals surface area (Å²) in [6.07, 6.45) is -4.33. The minimum absolute atomic E-state index is 0.0145. The SMILES string of the molecule is C[C@H](Oc1ncc(-c2[nH]c(-c3c(F)cccc3Cl)nc2C#N)cn1)C(F)(F)F. The Morgan fingerprint density at radius 3 is 2.50 bits per heavy atom. The zero-order valence-electron chi connectivity index (χ0n) is 14.1. The lowest BCUT2D eigenvalue weighted by atomic mass is 10.2. The second kappa shape index (κ2) is 7.44. The van der Waals surface area contributed by atoms with E-state index in [-0.39, 0.29) is 33.4 Å². The van der Waals surface area contributed by atoms with Crippen molar-refractivity contribution in [3.63, 3.8) is 0 Å². The highest BCUT2D eigenvalue weighted by molar-refractivity contribution is 6.33. The van der Waals surface area contributed by atoms with Gasteiger partial charge in [0.15, 0.2) is 11.8 Å². The van der Waals surface area contributed by atoms with E-state index in [0.29, 0.717) is 0 Å². The number of alkyl halides is 3. The monoisotopic (exact) mass is 411 g/mol. The lowest BCUT2D eigenvalue weighted by Gasteiger charge is -2.15. The van der Waals surface area contributed by atoms with Crippen molar-refractivity contribution in [3.8, 4) is 34.7 Å². The molecule has 1 N–H and O–H groups in total. The van der Waals surface area contributed by atoms with Crippen LogP contribution in [0.3, 0.4) is 0 Å². The zero-order chi connectivity index (χ0) is 20.5. The molecule has 2 heterocycles. The van der Waals surface area contributed by atoms with Gasteiger partial charge in [-0.3, -0.25) is 0 Å². The molecule has 2 aromatic heterocycles. The van der Waals surface area contributed by atoms with Crippen molar-refractivity contribution in [1.29, 1.82) is 5.26 Å². The van der Waals surface area contributed by atoms with Gasteiger partial charge in [0.05, 0.1) is 16.3 Å². The average Bonchev–Trinajstić information content (AvgIpc) is 3.05. The first-order valence-electron chi connectivity index (χ1n) is 7.71. The average molecular weight is 412 g/mol. The summed E-state index contributed by atoms with van der Waals surface area (Å²) in [6.45, 7) is 0.824. The Labute approximate surface area is 160 Å². The van der Waals surface area contributed by atoms with Crippen LogP contribution in [0, 0.1) is 17.1 Å². The predicted octanol–water partition coefficient (Wildman–Crippen LogP) is 4.53. The van der Waals surface area contributed by atoms with E-state index in [9.17, 15) is 22.8 Å². The summed E-state index contributed by atoms with van der Waals surface area (Å²) in [5, 5.41) is 9.38. The number of ether oxygens (including phenoxy) is 1. The summed E-state index contributed by atoms with van der Waals surface area (Å²) in [5.41, 5.74) is 0.295. The van der Waals surface area contributed by atoms with E-state index in [0.717, 1.165) is 19.3 Å². The highest BCUT2D eigenvalue weighted by Gasteiger charge is 2.38. The molecule has 0 saturated heterocycles. The molecular weight excluding hydrogens is 402 g/mol. The Morgan fingerprint density at radius 2 is 1.93 bits per heavy atom. The van der Waals surface area contributed by atoms with E-state index in [2.05, 4.69) is 24.7 Å². The summed E-state index contributed by atoms with van der Waals surface area (Å²) in [5.74, 6) is -0.626. The molecule has 0 aliphatic heterocycles. The van der Waals surface area contributed by atoms with Gasteiger partial charge in [0.1, 0.15) is 17.7 Å². The van der Waals surface area contributed by atoms with Crippen LogP contribution in [0.15, 0.2) is 30.6 Å². The molecule has 0 aliphatic rings. The zero-order valence-corrected chi connectivity index (χ0v) is 14.8. The third-order valence-electron chi connectivity index (χ3n) is 3.67. The summed E-state index contributed by atoms with van der Waals surface area (Å²) in [6, 6.07) is 5.44. The molecule has 1 atom stereocenters. The molecule has 3 rings (SSSR count). The number of hydrogen-bond donors (Lipinski definition) is 1. The smallest absolute Gasteiger partial charge is 0.425 e. The van der Waals surface area contributed by atoms with Gasteiger partial charge in [-0.1, -0.05) is 17.7 Å². The quantitative estimate of drug-likeness (QED) is 0.637. The molecule has 0 unspecified atom stereocenters. The molecule has 144 valence electrons. The van der Waals surface area contributed by atoms with Crippen molar-refractivity contribution >= 4 is 11.6 Å². The molecule has 1 aromatic carbocycles. The second-order valence-electron chi connectivity index (χ2n) is 5.57. The number of nitrogens with zero attached hydrogens (tertiary/aromatic N) is 4. The summed E-state index contributed by atoms with van der Waals surface area (Å²) in [4.78, 5) is 14.2. The number of aromatic amines is 1. The van der Waals surface area contributed by atoms with Crippen molar-refractivity contribution in [2.45, 2.75) is 19.2 Å². The van der Waals surface area contributed by atoms with Crippen LogP contribution in [0.2, 0.25) is 5.02 Å². The standard InChI is InChI=1S/C17H10ClF4N5O/c1-8(17(20,21)22)28-16-24-6-9(7-25-16)14-12(5-23)26-15(27-14)13-10(18)3-2-4-11(13)19/h2-4,6-8H,1H3,(H,26,27)/t8-/m0/s1. The minimum atomic E-state index is -4.56. The number of aromatic nitrogens is 4. The first-order valence-corrected chi connectivity index (χ1v) is 8.08.